The first-order valence-electron chi connectivity index (χ1n) is 18.2. The van der Waals surface area contributed by atoms with E-state index < -0.39 is 52.6 Å². The number of nitrogens with two attached hydrogens (primary N) is 1. The minimum absolute atomic E-state index is 0.00542. The van der Waals surface area contributed by atoms with Gasteiger partial charge >= 0.3 is 0 Å². The van der Waals surface area contributed by atoms with Crippen LogP contribution in [-0.2, 0) is 29.5 Å². The van der Waals surface area contributed by atoms with Gasteiger partial charge in [-0.2, -0.15) is 0 Å². The van der Waals surface area contributed by atoms with Crippen LogP contribution in [0.3, 0.4) is 0 Å². The van der Waals surface area contributed by atoms with Gasteiger partial charge in [-0.3, -0.25) is 24.0 Å². The van der Waals surface area contributed by atoms with Crippen LogP contribution in [0, 0.1) is 5.92 Å². The van der Waals surface area contributed by atoms with Crippen LogP contribution in [0.4, 0.5) is 0 Å². The molecule has 1 saturated carbocycles. The standard InChI is InChI=1S/C38H47N7O8/c1-37(2,51)30-21-40-43-45(30)25-20-29(35(49)42-38(32(46)33(39)47)15-17-53-18-16-38)44(22-25)36(50)28(19-23-9-5-4-6-10-23)41-34(48)27-14-13-24-11-7-8-12-26(24)31(27)52-3/h7-8,11-14,21,23,25,29,51H,4-6,9-10,15-20,22H2,1-3H3,(H2,39,47)(H,42,49)/t25-,29-/m0/s1. The second-order valence-corrected chi connectivity index (χ2v) is 14.8. The first kappa shape index (κ1) is 37.7. The Morgan fingerprint density at radius 1 is 1.08 bits per heavy atom. The first-order chi connectivity index (χ1) is 25.3. The van der Waals surface area contributed by atoms with E-state index in [1.54, 1.807) is 26.0 Å². The number of aliphatic imine (C=N–C) groups is 1. The molecule has 3 aliphatic rings. The van der Waals surface area contributed by atoms with Gasteiger partial charge in [0.05, 0.1) is 30.6 Å². The van der Waals surface area contributed by atoms with Crippen molar-refractivity contribution in [2.24, 2.45) is 16.6 Å². The number of likely N-dealkylation sites (tertiary alicyclic amines) is 1. The Bertz CT molecular complexity index is 1920. The molecule has 4 N–H and O–H groups in total. The van der Waals surface area contributed by atoms with Crippen LogP contribution in [0.2, 0.25) is 0 Å². The molecule has 6 rings (SSSR count). The van der Waals surface area contributed by atoms with Crippen molar-refractivity contribution in [1.82, 2.24) is 25.2 Å². The molecule has 1 aliphatic carbocycles. The molecule has 53 heavy (non-hydrogen) atoms. The van der Waals surface area contributed by atoms with Crippen molar-refractivity contribution in [3.8, 4) is 5.75 Å². The van der Waals surface area contributed by atoms with E-state index >= 15 is 0 Å². The van der Waals surface area contributed by atoms with Gasteiger partial charge in [-0.05, 0) is 37.6 Å². The number of fused-ring (bicyclic) bond motifs is 1. The van der Waals surface area contributed by atoms with Gasteiger partial charge in [-0.25, -0.2) is 9.67 Å². The summed E-state index contributed by atoms with van der Waals surface area (Å²) in [6, 6.07) is 9.11. The van der Waals surface area contributed by atoms with Crippen molar-refractivity contribution in [3.63, 3.8) is 0 Å². The quantitative estimate of drug-likeness (QED) is 0.194. The summed E-state index contributed by atoms with van der Waals surface area (Å²) in [5, 5.41) is 23.5. The number of methoxy groups -OCH3 is 1. The fraction of sp³-hybridized carbons (Fsp3) is 0.526. The van der Waals surface area contributed by atoms with Crippen LogP contribution < -0.4 is 15.8 Å². The predicted molar refractivity (Wildman–Crippen MR) is 193 cm³/mol. The molecule has 2 atom stereocenters. The van der Waals surface area contributed by atoms with E-state index in [1.165, 1.54) is 22.9 Å². The molecule has 4 amide bonds. The first-order valence-corrected chi connectivity index (χ1v) is 18.2. The molecule has 15 heteroatoms. The Morgan fingerprint density at radius 2 is 1.79 bits per heavy atom. The maximum absolute atomic E-state index is 14.9. The summed E-state index contributed by atoms with van der Waals surface area (Å²) in [6.07, 6.45) is 6.49. The zero-order chi connectivity index (χ0) is 37.9. The molecule has 3 aromatic rings. The number of aromatic nitrogens is 3. The Hall–Kier alpha value is -5.02. The Kier molecular flexibility index (Phi) is 11.1. The maximum atomic E-state index is 14.9. The number of ether oxygens (including phenoxy) is 2. The fourth-order valence-electron chi connectivity index (χ4n) is 7.92. The molecular formula is C38H47N7O8. The summed E-state index contributed by atoms with van der Waals surface area (Å²) in [4.78, 5) is 74.4. The molecule has 3 fully saturated rings. The number of carbonyl (C=O) groups excluding carboxylic acids is 5. The van der Waals surface area contributed by atoms with Crippen molar-refractivity contribution in [3.05, 3.63) is 53.9 Å². The van der Waals surface area contributed by atoms with Crippen molar-refractivity contribution in [1.29, 1.82) is 0 Å². The molecule has 0 spiro atoms. The number of rotatable bonds is 11. The zero-order valence-corrected chi connectivity index (χ0v) is 30.4. The van der Waals surface area contributed by atoms with Gasteiger partial charge in [0.1, 0.15) is 28.6 Å². The third kappa shape index (κ3) is 7.86. The van der Waals surface area contributed by atoms with Crippen molar-refractivity contribution in [2.75, 3.05) is 26.9 Å². The summed E-state index contributed by atoms with van der Waals surface area (Å²) >= 11 is 0. The lowest BCUT2D eigenvalue weighted by Gasteiger charge is -2.37. The highest BCUT2D eigenvalue weighted by Crippen LogP contribution is 2.35. The maximum Gasteiger partial charge on any atom is 0.287 e. The van der Waals surface area contributed by atoms with Crippen LogP contribution in [-0.4, -0.2) is 98.6 Å². The summed E-state index contributed by atoms with van der Waals surface area (Å²) in [7, 11) is 1.48. The number of carbonyl (C=O) groups is 5. The number of benzene rings is 2. The number of Topliss-reactive ketones (excluding diaryl/α,β-unsaturated/α-hetero) is 1. The average Bonchev–Trinajstić information content (AvgIpc) is 3.83. The number of aliphatic hydroxyl groups is 1. The lowest BCUT2D eigenvalue weighted by molar-refractivity contribution is -0.146. The summed E-state index contributed by atoms with van der Waals surface area (Å²) in [6.45, 7) is 3.34. The topological polar surface area (TPSA) is 208 Å². The Balaban J connectivity index is 1.40. The van der Waals surface area contributed by atoms with Gasteiger partial charge in [0, 0.05) is 44.4 Å². The van der Waals surface area contributed by atoms with Gasteiger partial charge < -0.3 is 30.5 Å². The highest BCUT2D eigenvalue weighted by Gasteiger charge is 2.49. The lowest BCUT2D eigenvalue weighted by Crippen LogP contribution is -2.63. The molecular weight excluding hydrogens is 682 g/mol. The molecule has 2 saturated heterocycles. The number of nitrogens with zero attached hydrogens (tertiary/aromatic N) is 5. The monoisotopic (exact) mass is 729 g/mol. The summed E-state index contributed by atoms with van der Waals surface area (Å²) < 4.78 is 12.6. The number of primary amides is 1. The van der Waals surface area contributed by atoms with E-state index in [0.717, 1.165) is 42.9 Å². The van der Waals surface area contributed by atoms with E-state index in [0.29, 0.717) is 11.4 Å². The molecule has 15 nitrogen and oxygen atoms in total. The van der Waals surface area contributed by atoms with E-state index in [2.05, 4.69) is 20.6 Å². The minimum Gasteiger partial charge on any atom is -0.495 e. The second-order valence-electron chi connectivity index (χ2n) is 14.8. The number of nitrogens with one attached hydrogen (secondary N) is 1. The van der Waals surface area contributed by atoms with Crippen LogP contribution in [0.15, 0.2) is 47.6 Å². The molecule has 3 heterocycles. The van der Waals surface area contributed by atoms with Crippen LogP contribution in [0.1, 0.15) is 93.7 Å². The van der Waals surface area contributed by atoms with E-state index in [1.807, 2.05) is 24.3 Å². The van der Waals surface area contributed by atoms with Gasteiger partial charge in [-0.1, -0.05) is 67.6 Å². The molecule has 2 aromatic carbocycles. The largest absolute Gasteiger partial charge is 0.495 e. The number of amides is 4. The van der Waals surface area contributed by atoms with Crippen molar-refractivity contribution >= 4 is 45.9 Å². The molecule has 0 unspecified atom stereocenters. The summed E-state index contributed by atoms with van der Waals surface area (Å²) in [5.74, 6) is -3.65. The minimum atomic E-state index is -1.61. The third-order valence-corrected chi connectivity index (χ3v) is 10.8. The van der Waals surface area contributed by atoms with E-state index in [4.69, 9.17) is 15.2 Å². The number of ketones is 1. The normalized spacial score (nSPS) is 21.0. The van der Waals surface area contributed by atoms with Gasteiger partial charge in [0.15, 0.2) is 0 Å². The Morgan fingerprint density at radius 3 is 2.47 bits per heavy atom. The highest BCUT2D eigenvalue weighted by molar-refractivity contribution is 6.41. The highest BCUT2D eigenvalue weighted by atomic mass is 16.5. The Labute approximate surface area is 307 Å². The summed E-state index contributed by atoms with van der Waals surface area (Å²) in [5.41, 5.74) is 3.04. The van der Waals surface area contributed by atoms with Crippen LogP contribution in [0.25, 0.3) is 10.8 Å². The second kappa shape index (κ2) is 15.5. The molecule has 2 aliphatic heterocycles. The third-order valence-electron chi connectivity index (χ3n) is 10.8. The smallest absolute Gasteiger partial charge is 0.287 e. The zero-order valence-electron chi connectivity index (χ0n) is 30.4. The van der Waals surface area contributed by atoms with E-state index in [-0.39, 0.29) is 62.6 Å². The molecule has 1 aromatic heterocycles. The SMILES string of the molecule is COc1c(C(=O)N=C(CC2CCCCC2)C(=O)N2C[C@@H](n3nncc3C(C)(C)O)C[C@H]2C(=O)NC2(C(=O)C(N)=O)CCOCC2)ccc2ccccc12. The van der Waals surface area contributed by atoms with Gasteiger partial charge in [0.25, 0.3) is 17.7 Å². The van der Waals surface area contributed by atoms with Gasteiger partial charge in [0.2, 0.25) is 11.7 Å². The molecule has 0 radical (unpaired) electrons. The van der Waals surface area contributed by atoms with Crippen LogP contribution in [0.5, 0.6) is 5.75 Å². The molecule has 0 bridgehead atoms. The lowest BCUT2D eigenvalue weighted by atomic mass is 9.84. The predicted octanol–water partition coefficient (Wildman–Crippen LogP) is 2.78. The fourth-order valence-corrected chi connectivity index (χ4v) is 7.92. The van der Waals surface area contributed by atoms with Crippen molar-refractivity contribution in [2.45, 2.75) is 94.9 Å². The number of hydrogen-bond donors (Lipinski definition) is 3. The average molecular weight is 730 g/mol. The van der Waals surface area contributed by atoms with E-state index in [9.17, 15) is 29.1 Å². The van der Waals surface area contributed by atoms with Crippen LogP contribution >= 0.6 is 0 Å². The number of hydrogen-bond acceptors (Lipinski definition) is 10. The van der Waals surface area contributed by atoms with Crippen molar-refractivity contribution < 1.29 is 38.6 Å². The van der Waals surface area contributed by atoms with Gasteiger partial charge in [-0.15, -0.1) is 5.10 Å². The molecule has 282 valence electrons.